The van der Waals surface area contributed by atoms with Gasteiger partial charge in [-0.15, -0.1) is 0 Å². The summed E-state index contributed by atoms with van der Waals surface area (Å²) in [5, 5.41) is 1.43. The van der Waals surface area contributed by atoms with Crippen molar-refractivity contribution in [3.8, 4) is 0 Å². The van der Waals surface area contributed by atoms with Gasteiger partial charge in [-0.05, 0) is 30.5 Å². The standard InChI is InChI=1S/C12H15Cl2NO/c13-10-2-1-3-11(14)9(10)6-8-7-16-5-4-12(8)15/h1-3,8,12H,4-7,15H2/t8-,12-/m1/s1. The maximum atomic E-state index is 6.13. The van der Waals surface area contributed by atoms with Crippen LogP contribution in [-0.4, -0.2) is 19.3 Å². The van der Waals surface area contributed by atoms with Crippen molar-refractivity contribution in [2.75, 3.05) is 13.2 Å². The molecule has 0 bridgehead atoms. The molecule has 0 amide bonds. The van der Waals surface area contributed by atoms with Gasteiger partial charge in [-0.3, -0.25) is 0 Å². The fourth-order valence-electron chi connectivity index (χ4n) is 2.01. The average Bonchev–Trinajstić information content (AvgIpc) is 2.26. The van der Waals surface area contributed by atoms with Crippen LogP contribution in [0.4, 0.5) is 0 Å². The Balaban J connectivity index is 2.13. The Kier molecular flexibility index (Phi) is 4.09. The lowest BCUT2D eigenvalue weighted by Gasteiger charge is -2.29. The van der Waals surface area contributed by atoms with E-state index in [9.17, 15) is 0 Å². The van der Waals surface area contributed by atoms with E-state index in [2.05, 4.69) is 0 Å². The van der Waals surface area contributed by atoms with Crippen LogP contribution < -0.4 is 5.73 Å². The van der Waals surface area contributed by atoms with E-state index >= 15 is 0 Å². The monoisotopic (exact) mass is 259 g/mol. The molecule has 1 aliphatic heterocycles. The number of benzene rings is 1. The molecule has 2 rings (SSSR count). The summed E-state index contributed by atoms with van der Waals surface area (Å²) in [4.78, 5) is 0. The zero-order valence-corrected chi connectivity index (χ0v) is 10.5. The number of halogens is 2. The number of ether oxygens (including phenoxy) is 1. The minimum Gasteiger partial charge on any atom is -0.381 e. The lowest BCUT2D eigenvalue weighted by atomic mass is 9.90. The molecule has 88 valence electrons. The van der Waals surface area contributed by atoms with Gasteiger partial charge in [0.15, 0.2) is 0 Å². The van der Waals surface area contributed by atoms with E-state index in [1.54, 1.807) is 0 Å². The molecule has 1 fully saturated rings. The molecule has 1 saturated heterocycles. The van der Waals surface area contributed by atoms with E-state index in [1.807, 2.05) is 18.2 Å². The van der Waals surface area contributed by atoms with Gasteiger partial charge in [0.05, 0.1) is 6.61 Å². The van der Waals surface area contributed by atoms with Crippen LogP contribution in [0.2, 0.25) is 10.0 Å². The minimum absolute atomic E-state index is 0.182. The second kappa shape index (κ2) is 5.37. The highest BCUT2D eigenvalue weighted by Crippen LogP contribution is 2.29. The zero-order valence-electron chi connectivity index (χ0n) is 8.96. The van der Waals surface area contributed by atoms with Crippen LogP contribution in [-0.2, 0) is 11.2 Å². The molecule has 16 heavy (non-hydrogen) atoms. The predicted molar refractivity (Wildman–Crippen MR) is 67.1 cm³/mol. The third kappa shape index (κ3) is 2.69. The molecule has 2 N–H and O–H groups in total. The Hall–Kier alpha value is -0.280. The quantitative estimate of drug-likeness (QED) is 0.887. The van der Waals surface area contributed by atoms with Gasteiger partial charge in [0.25, 0.3) is 0 Å². The summed E-state index contributed by atoms with van der Waals surface area (Å²) in [5.41, 5.74) is 7.04. The van der Waals surface area contributed by atoms with Gasteiger partial charge in [0, 0.05) is 28.6 Å². The molecule has 0 radical (unpaired) electrons. The Bertz CT molecular complexity index is 350. The zero-order chi connectivity index (χ0) is 11.5. The van der Waals surface area contributed by atoms with Gasteiger partial charge in [-0.1, -0.05) is 29.3 Å². The minimum atomic E-state index is 0.182. The van der Waals surface area contributed by atoms with Crippen molar-refractivity contribution in [3.05, 3.63) is 33.8 Å². The van der Waals surface area contributed by atoms with Gasteiger partial charge in [-0.2, -0.15) is 0 Å². The molecular formula is C12H15Cl2NO. The normalized spacial score (nSPS) is 25.7. The first-order chi connectivity index (χ1) is 7.68. The lowest BCUT2D eigenvalue weighted by molar-refractivity contribution is 0.0422. The first-order valence-electron chi connectivity index (χ1n) is 5.44. The van der Waals surface area contributed by atoms with Crippen molar-refractivity contribution < 1.29 is 4.74 Å². The van der Waals surface area contributed by atoms with Crippen LogP contribution in [0.25, 0.3) is 0 Å². The van der Waals surface area contributed by atoms with Gasteiger partial charge < -0.3 is 10.5 Å². The third-order valence-corrected chi connectivity index (χ3v) is 3.77. The summed E-state index contributed by atoms with van der Waals surface area (Å²) in [6, 6.07) is 5.75. The fraction of sp³-hybridized carbons (Fsp3) is 0.500. The molecule has 0 spiro atoms. The molecule has 1 aromatic carbocycles. The second-order valence-corrected chi connectivity index (χ2v) is 5.01. The van der Waals surface area contributed by atoms with Crippen molar-refractivity contribution in [2.45, 2.75) is 18.9 Å². The van der Waals surface area contributed by atoms with Crippen LogP contribution in [0, 0.1) is 5.92 Å². The van der Waals surface area contributed by atoms with Crippen molar-refractivity contribution >= 4 is 23.2 Å². The number of nitrogens with two attached hydrogens (primary N) is 1. The number of rotatable bonds is 2. The Morgan fingerprint density at radius 3 is 2.62 bits per heavy atom. The van der Waals surface area contributed by atoms with E-state index in [0.29, 0.717) is 22.6 Å². The van der Waals surface area contributed by atoms with E-state index in [-0.39, 0.29) is 6.04 Å². The van der Waals surface area contributed by atoms with Crippen molar-refractivity contribution in [3.63, 3.8) is 0 Å². The lowest BCUT2D eigenvalue weighted by Crippen LogP contribution is -2.39. The van der Waals surface area contributed by atoms with E-state index < -0.39 is 0 Å². The van der Waals surface area contributed by atoms with Crippen LogP contribution in [0.5, 0.6) is 0 Å². The van der Waals surface area contributed by atoms with Gasteiger partial charge in [0.1, 0.15) is 0 Å². The molecule has 0 aliphatic carbocycles. The largest absolute Gasteiger partial charge is 0.381 e. The summed E-state index contributed by atoms with van der Waals surface area (Å²) in [5.74, 6) is 0.311. The van der Waals surface area contributed by atoms with Crippen molar-refractivity contribution in [1.29, 1.82) is 0 Å². The van der Waals surface area contributed by atoms with E-state index in [4.69, 9.17) is 33.7 Å². The topological polar surface area (TPSA) is 35.2 Å². The number of hydrogen-bond donors (Lipinski definition) is 1. The molecule has 2 nitrogen and oxygen atoms in total. The summed E-state index contributed by atoms with van der Waals surface area (Å²) < 4.78 is 5.44. The van der Waals surface area contributed by atoms with Crippen LogP contribution in [0.1, 0.15) is 12.0 Å². The average molecular weight is 260 g/mol. The molecule has 1 aromatic rings. The first kappa shape index (κ1) is 12.2. The van der Waals surface area contributed by atoms with Crippen LogP contribution in [0.3, 0.4) is 0 Å². The second-order valence-electron chi connectivity index (χ2n) is 4.19. The SMILES string of the molecule is N[C@@H]1CCOC[C@H]1Cc1c(Cl)cccc1Cl. The smallest absolute Gasteiger partial charge is 0.0512 e. The van der Waals surface area contributed by atoms with Gasteiger partial charge >= 0.3 is 0 Å². The molecule has 2 atom stereocenters. The van der Waals surface area contributed by atoms with Gasteiger partial charge in [0.2, 0.25) is 0 Å². The summed E-state index contributed by atoms with van der Waals surface area (Å²) in [6.07, 6.45) is 1.70. The highest BCUT2D eigenvalue weighted by atomic mass is 35.5. The van der Waals surface area contributed by atoms with Crippen molar-refractivity contribution in [2.24, 2.45) is 11.7 Å². The van der Waals surface area contributed by atoms with Crippen LogP contribution >= 0.6 is 23.2 Å². The highest BCUT2D eigenvalue weighted by Gasteiger charge is 2.24. The highest BCUT2D eigenvalue weighted by molar-refractivity contribution is 6.35. The maximum absolute atomic E-state index is 6.13. The first-order valence-corrected chi connectivity index (χ1v) is 6.20. The molecule has 4 heteroatoms. The molecule has 1 heterocycles. The summed E-state index contributed by atoms with van der Waals surface area (Å²) >= 11 is 12.3. The molecule has 0 unspecified atom stereocenters. The molecule has 0 aromatic heterocycles. The van der Waals surface area contributed by atoms with Crippen molar-refractivity contribution in [1.82, 2.24) is 0 Å². The Morgan fingerprint density at radius 1 is 1.31 bits per heavy atom. The Morgan fingerprint density at radius 2 is 2.00 bits per heavy atom. The Labute approximate surface area is 106 Å². The molecular weight excluding hydrogens is 245 g/mol. The predicted octanol–water partition coefficient (Wildman–Crippen LogP) is 2.90. The molecule has 1 aliphatic rings. The van der Waals surface area contributed by atoms with E-state index in [1.165, 1.54) is 0 Å². The van der Waals surface area contributed by atoms with Gasteiger partial charge in [-0.25, -0.2) is 0 Å². The fourth-order valence-corrected chi connectivity index (χ4v) is 2.57. The summed E-state index contributed by atoms with van der Waals surface area (Å²) in [6.45, 7) is 1.45. The summed E-state index contributed by atoms with van der Waals surface area (Å²) in [7, 11) is 0. The van der Waals surface area contributed by atoms with Crippen LogP contribution in [0.15, 0.2) is 18.2 Å². The molecule has 0 saturated carbocycles. The van der Waals surface area contributed by atoms with E-state index in [0.717, 1.165) is 25.0 Å². The number of hydrogen-bond acceptors (Lipinski definition) is 2. The third-order valence-electron chi connectivity index (χ3n) is 3.06. The maximum Gasteiger partial charge on any atom is 0.0512 e.